The molecular weight excluding hydrogens is 661 g/mol. The van der Waals surface area contributed by atoms with Crippen LogP contribution < -0.4 is 19.1 Å². The zero-order valence-corrected chi connectivity index (χ0v) is 28.7. The number of amides is 2. The van der Waals surface area contributed by atoms with Crippen molar-refractivity contribution in [3.05, 3.63) is 118 Å². The number of benzene rings is 4. The van der Waals surface area contributed by atoms with Crippen LogP contribution in [-0.4, -0.2) is 58.5 Å². The van der Waals surface area contributed by atoms with Gasteiger partial charge in [-0.25, -0.2) is 8.42 Å². The third kappa shape index (κ3) is 8.97. The summed E-state index contributed by atoms with van der Waals surface area (Å²) in [6, 6.07) is 25.7. The Morgan fingerprint density at radius 2 is 1.51 bits per heavy atom. The lowest BCUT2D eigenvalue weighted by atomic mass is 10.0. The van der Waals surface area contributed by atoms with E-state index in [2.05, 4.69) is 5.32 Å². The maximum Gasteiger partial charge on any atom is 0.264 e. The molecular formula is C35H37Cl2N3O6S. The fourth-order valence-corrected chi connectivity index (χ4v) is 6.74. The highest BCUT2D eigenvalue weighted by molar-refractivity contribution is 7.92. The van der Waals surface area contributed by atoms with E-state index in [0.29, 0.717) is 29.3 Å². The van der Waals surface area contributed by atoms with E-state index in [4.69, 9.17) is 32.7 Å². The van der Waals surface area contributed by atoms with Crippen LogP contribution in [-0.2, 0) is 32.6 Å². The molecule has 0 aliphatic heterocycles. The number of hydrogen-bond acceptors (Lipinski definition) is 6. The highest BCUT2D eigenvalue weighted by Crippen LogP contribution is 2.36. The second-order valence-electron chi connectivity index (χ2n) is 10.6. The minimum Gasteiger partial charge on any atom is -0.497 e. The molecule has 0 spiro atoms. The van der Waals surface area contributed by atoms with Crippen molar-refractivity contribution in [3.8, 4) is 11.5 Å². The monoisotopic (exact) mass is 697 g/mol. The van der Waals surface area contributed by atoms with Gasteiger partial charge in [-0.2, -0.15) is 0 Å². The summed E-state index contributed by atoms with van der Waals surface area (Å²) in [6.45, 7) is 1.61. The van der Waals surface area contributed by atoms with Crippen LogP contribution in [0.25, 0.3) is 0 Å². The van der Waals surface area contributed by atoms with Crippen LogP contribution in [0.4, 0.5) is 5.69 Å². The second kappa shape index (κ2) is 16.5. The predicted octanol–water partition coefficient (Wildman–Crippen LogP) is 6.37. The minimum absolute atomic E-state index is 0.0322. The molecule has 0 radical (unpaired) electrons. The van der Waals surface area contributed by atoms with Crippen molar-refractivity contribution in [2.24, 2.45) is 0 Å². The first-order valence-electron chi connectivity index (χ1n) is 14.9. The summed E-state index contributed by atoms with van der Waals surface area (Å²) in [5.41, 5.74) is 1.51. The molecule has 1 unspecified atom stereocenters. The minimum atomic E-state index is -4.33. The number of carbonyl (C=O) groups excluding carboxylic acids is 2. The number of methoxy groups -OCH3 is 2. The molecule has 0 saturated heterocycles. The molecule has 2 amide bonds. The van der Waals surface area contributed by atoms with Gasteiger partial charge in [0.1, 0.15) is 24.1 Å². The summed E-state index contributed by atoms with van der Waals surface area (Å²) < 4.78 is 40.5. The number of nitrogens with zero attached hydrogens (tertiary/aromatic N) is 2. The Morgan fingerprint density at radius 1 is 0.830 bits per heavy atom. The second-order valence-corrected chi connectivity index (χ2v) is 13.3. The highest BCUT2D eigenvalue weighted by Gasteiger charge is 2.35. The Balaban J connectivity index is 1.86. The van der Waals surface area contributed by atoms with E-state index in [1.54, 1.807) is 48.5 Å². The van der Waals surface area contributed by atoms with E-state index in [1.807, 2.05) is 37.3 Å². The smallest absolute Gasteiger partial charge is 0.264 e. The molecule has 12 heteroatoms. The number of anilines is 1. The third-order valence-corrected chi connectivity index (χ3v) is 9.94. The van der Waals surface area contributed by atoms with Gasteiger partial charge in [0.25, 0.3) is 10.0 Å². The molecule has 4 aromatic carbocycles. The molecule has 0 saturated carbocycles. The molecule has 1 N–H and O–H groups in total. The molecule has 0 aliphatic rings. The summed E-state index contributed by atoms with van der Waals surface area (Å²) in [5, 5.41) is 3.53. The first-order chi connectivity index (χ1) is 22.6. The van der Waals surface area contributed by atoms with E-state index in [0.717, 1.165) is 9.87 Å². The van der Waals surface area contributed by atoms with E-state index < -0.39 is 28.5 Å². The van der Waals surface area contributed by atoms with Crippen LogP contribution in [0, 0.1) is 0 Å². The van der Waals surface area contributed by atoms with Crippen LogP contribution >= 0.6 is 23.2 Å². The Hall–Kier alpha value is -4.25. The van der Waals surface area contributed by atoms with Crippen LogP contribution in [0.5, 0.6) is 11.5 Å². The van der Waals surface area contributed by atoms with Gasteiger partial charge in [-0.05, 0) is 53.9 Å². The predicted molar refractivity (Wildman–Crippen MR) is 185 cm³/mol. The maximum atomic E-state index is 14.6. The van der Waals surface area contributed by atoms with Gasteiger partial charge in [-0.3, -0.25) is 13.9 Å². The zero-order valence-electron chi connectivity index (χ0n) is 26.4. The van der Waals surface area contributed by atoms with E-state index in [-0.39, 0.29) is 40.2 Å². The number of hydrogen-bond donors (Lipinski definition) is 1. The standard InChI is InChI=1S/C35H37Cl2N3O6S/c1-4-19-38-35(42)32(21-25-11-7-5-8-12-25)39(23-26-15-17-29(36)30(37)20-26)34(41)24-40(47(43,44)28-13-9-6-10-14-28)31-22-27(45-2)16-18-33(31)46-3/h5-18,20,22,32H,4,19,21,23-24H2,1-3H3,(H,38,42). The maximum absolute atomic E-state index is 14.6. The van der Waals surface area contributed by atoms with Crippen LogP contribution in [0.15, 0.2) is 102 Å². The van der Waals surface area contributed by atoms with Gasteiger partial charge in [0, 0.05) is 25.6 Å². The number of carbonyl (C=O) groups is 2. The summed E-state index contributed by atoms with van der Waals surface area (Å²) in [5.74, 6) is -0.445. The number of ether oxygens (including phenoxy) is 2. The van der Waals surface area contributed by atoms with Crippen LogP contribution in [0.1, 0.15) is 24.5 Å². The number of sulfonamides is 1. The Morgan fingerprint density at radius 3 is 2.13 bits per heavy atom. The first kappa shape index (κ1) is 35.6. The van der Waals surface area contributed by atoms with E-state index in [9.17, 15) is 18.0 Å². The molecule has 0 aliphatic carbocycles. The Bertz CT molecular complexity index is 1780. The van der Waals surface area contributed by atoms with Crippen molar-refractivity contribution >= 4 is 50.7 Å². The van der Waals surface area contributed by atoms with Gasteiger partial charge in [0.15, 0.2) is 0 Å². The fourth-order valence-electron chi connectivity index (χ4n) is 4.98. The molecule has 9 nitrogen and oxygen atoms in total. The lowest BCUT2D eigenvalue weighted by Crippen LogP contribution is -2.53. The summed E-state index contributed by atoms with van der Waals surface area (Å²) in [6.07, 6.45) is 0.862. The average Bonchev–Trinajstić information content (AvgIpc) is 3.09. The zero-order chi connectivity index (χ0) is 34.0. The lowest BCUT2D eigenvalue weighted by molar-refractivity contribution is -0.140. The van der Waals surface area contributed by atoms with Gasteiger partial charge in [-0.15, -0.1) is 0 Å². The number of rotatable bonds is 15. The molecule has 47 heavy (non-hydrogen) atoms. The SMILES string of the molecule is CCCNC(=O)C(Cc1ccccc1)N(Cc1ccc(Cl)c(Cl)c1)C(=O)CN(c1cc(OC)ccc1OC)S(=O)(=O)c1ccccc1. The van der Waals surface area contributed by atoms with Gasteiger partial charge in [0.2, 0.25) is 11.8 Å². The molecule has 0 bridgehead atoms. The molecule has 1 atom stereocenters. The van der Waals surface area contributed by atoms with Crippen molar-refractivity contribution in [1.29, 1.82) is 0 Å². The van der Waals surface area contributed by atoms with Crippen molar-refractivity contribution in [2.45, 2.75) is 37.2 Å². The number of halogens is 2. The topological polar surface area (TPSA) is 105 Å². The quantitative estimate of drug-likeness (QED) is 0.155. The molecule has 0 fully saturated rings. The van der Waals surface area contributed by atoms with Crippen molar-refractivity contribution in [2.75, 3.05) is 31.6 Å². The van der Waals surface area contributed by atoms with E-state index in [1.165, 1.54) is 37.3 Å². The molecule has 0 aromatic heterocycles. The average molecular weight is 699 g/mol. The first-order valence-corrected chi connectivity index (χ1v) is 17.1. The molecule has 4 aromatic rings. The summed E-state index contributed by atoms with van der Waals surface area (Å²) >= 11 is 12.5. The summed E-state index contributed by atoms with van der Waals surface area (Å²) in [7, 11) is -1.47. The largest absolute Gasteiger partial charge is 0.497 e. The Labute approximate surface area is 286 Å². The fraction of sp³-hybridized carbons (Fsp3) is 0.257. The molecule has 0 heterocycles. The van der Waals surface area contributed by atoms with Gasteiger partial charge < -0.3 is 19.7 Å². The lowest BCUT2D eigenvalue weighted by Gasteiger charge is -2.34. The van der Waals surface area contributed by atoms with Crippen LogP contribution in [0.2, 0.25) is 10.0 Å². The molecule has 4 rings (SSSR count). The van der Waals surface area contributed by atoms with E-state index >= 15 is 0 Å². The number of nitrogens with one attached hydrogen (secondary N) is 1. The third-order valence-electron chi connectivity index (χ3n) is 7.42. The van der Waals surface area contributed by atoms with Gasteiger partial charge >= 0.3 is 0 Å². The van der Waals surface area contributed by atoms with Gasteiger partial charge in [0.05, 0.1) is 34.8 Å². The normalized spacial score (nSPS) is 11.8. The summed E-state index contributed by atoms with van der Waals surface area (Å²) in [4.78, 5) is 29.8. The van der Waals surface area contributed by atoms with Crippen molar-refractivity contribution < 1.29 is 27.5 Å². The van der Waals surface area contributed by atoms with Crippen molar-refractivity contribution in [1.82, 2.24) is 10.2 Å². The van der Waals surface area contributed by atoms with Gasteiger partial charge in [-0.1, -0.05) is 84.7 Å². The highest BCUT2D eigenvalue weighted by atomic mass is 35.5. The Kier molecular flexibility index (Phi) is 12.5. The molecule has 248 valence electrons. The van der Waals surface area contributed by atoms with Crippen molar-refractivity contribution in [3.63, 3.8) is 0 Å². The van der Waals surface area contributed by atoms with Crippen LogP contribution in [0.3, 0.4) is 0 Å².